The first kappa shape index (κ1) is 14.4. The zero-order valence-electron chi connectivity index (χ0n) is 12.7. The summed E-state index contributed by atoms with van der Waals surface area (Å²) < 4.78 is 0. The van der Waals surface area contributed by atoms with Gasteiger partial charge in [0.25, 0.3) is 0 Å². The Morgan fingerprint density at radius 1 is 1.21 bits per heavy atom. The summed E-state index contributed by atoms with van der Waals surface area (Å²) >= 11 is 0. The van der Waals surface area contributed by atoms with Crippen LogP contribution >= 0.6 is 0 Å². The van der Waals surface area contributed by atoms with Crippen molar-refractivity contribution in [1.82, 2.24) is 4.90 Å². The van der Waals surface area contributed by atoms with Gasteiger partial charge >= 0.3 is 0 Å². The Labute approximate surface area is 119 Å². The lowest BCUT2D eigenvalue weighted by molar-refractivity contribution is 0.252. The molecule has 0 aromatic carbocycles. The average Bonchev–Trinajstić information content (AvgIpc) is 2.68. The number of nitrogens with zero attached hydrogens (tertiary/aromatic N) is 1. The quantitative estimate of drug-likeness (QED) is 0.643. The van der Waals surface area contributed by atoms with Crippen molar-refractivity contribution in [1.29, 1.82) is 0 Å². The Kier molecular flexibility index (Phi) is 4.54. The number of allylic oxidation sites excluding steroid dienone is 3. The van der Waals surface area contributed by atoms with Crippen LogP contribution in [0.25, 0.3) is 0 Å². The molecule has 0 radical (unpaired) electrons. The Balaban J connectivity index is 1.91. The van der Waals surface area contributed by atoms with Crippen molar-refractivity contribution >= 4 is 0 Å². The normalized spacial score (nSPS) is 32.2. The average molecular weight is 259 g/mol. The van der Waals surface area contributed by atoms with Crippen LogP contribution in [0.2, 0.25) is 0 Å². The Morgan fingerprint density at radius 2 is 1.84 bits per heavy atom. The third kappa shape index (κ3) is 3.13. The molecular weight excluding hydrogens is 230 g/mol. The molecule has 2 fully saturated rings. The van der Waals surface area contributed by atoms with Gasteiger partial charge in [-0.3, -0.25) is 0 Å². The van der Waals surface area contributed by atoms with Crippen LogP contribution in [0.1, 0.15) is 46.0 Å². The summed E-state index contributed by atoms with van der Waals surface area (Å²) in [5.41, 5.74) is 2.60. The molecule has 1 saturated carbocycles. The van der Waals surface area contributed by atoms with E-state index >= 15 is 0 Å². The second kappa shape index (κ2) is 5.98. The third-order valence-electron chi connectivity index (χ3n) is 5.08. The smallest absolute Gasteiger partial charge is 0.0252 e. The van der Waals surface area contributed by atoms with Crippen molar-refractivity contribution in [3.05, 3.63) is 37.2 Å². The van der Waals surface area contributed by atoms with E-state index in [9.17, 15) is 0 Å². The molecule has 0 aromatic rings. The second-order valence-electron chi connectivity index (χ2n) is 6.74. The number of rotatable bonds is 4. The van der Waals surface area contributed by atoms with Crippen LogP contribution in [0.4, 0.5) is 0 Å². The maximum atomic E-state index is 4.33. The molecular formula is C18H29N. The van der Waals surface area contributed by atoms with E-state index in [1.807, 2.05) is 0 Å². The fourth-order valence-electron chi connectivity index (χ4n) is 3.62. The summed E-state index contributed by atoms with van der Waals surface area (Å²) in [5.74, 6) is 2.85. The van der Waals surface area contributed by atoms with E-state index in [1.54, 1.807) is 0 Å². The van der Waals surface area contributed by atoms with Gasteiger partial charge in [0.15, 0.2) is 0 Å². The molecule has 2 rings (SSSR count). The minimum Gasteiger partial charge on any atom is -0.349 e. The fraction of sp³-hybridized carbons (Fsp3) is 0.667. The molecule has 1 atom stereocenters. The van der Waals surface area contributed by atoms with Gasteiger partial charge in [-0.05, 0) is 49.9 Å². The predicted octanol–water partition coefficient (Wildman–Crippen LogP) is 4.98. The lowest BCUT2D eigenvalue weighted by Gasteiger charge is -2.32. The Morgan fingerprint density at radius 3 is 2.32 bits per heavy atom. The van der Waals surface area contributed by atoms with E-state index in [0.717, 1.165) is 24.8 Å². The molecule has 0 spiro atoms. The topological polar surface area (TPSA) is 3.24 Å². The van der Waals surface area contributed by atoms with Gasteiger partial charge in [0.2, 0.25) is 0 Å². The van der Waals surface area contributed by atoms with Crippen molar-refractivity contribution in [2.24, 2.45) is 23.7 Å². The van der Waals surface area contributed by atoms with Crippen LogP contribution < -0.4 is 0 Å². The lowest BCUT2D eigenvalue weighted by atomic mass is 9.82. The van der Waals surface area contributed by atoms with Crippen LogP contribution in [0.3, 0.4) is 0 Å². The monoisotopic (exact) mass is 259 g/mol. The maximum absolute atomic E-state index is 4.33. The maximum Gasteiger partial charge on any atom is 0.0252 e. The van der Waals surface area contributed by atoms with Crippen molar-refractivity contribution in [2.45, 2.75) is 46.0 Å². The SMILES string of the molecule is C=CC1CCC(CN2C(=C)CC(C(C)C)C2=C)CC1. The van der Waals surface area contributed by atoms with Gasteiger partial charge in [0.05, 0.1) is 0 Å². The Bertz CT molecular complexity index is 358. The summed E-state index contributed by atoms with van der Waals surface area (Å²) in [6.45, 7) is 18.3. The lowest BCUT2D eigenvalue weighted by Crippen LogP contribution is -2.27. The van der Waals surface area contributed by atoms with Gasteiger partial charge in [-0.1, -0.05) is 33.1 Å². The van der Waals surface area contributed by atoms with Gasteiger partial charge in [0.1, 0.15) is 0 Å². The summed E-state index contributed by atoms with van der Waals surface area (Å²) in [6, 6.07) is 0. The van der Waals surface area contributed by atoms with Crippen LogP contribution in [0.5, 0.6) is 0 Å². The number of hydrogen-bond donors (Lipinski definition) is 0. The first-order valence-electron chi connectivity index (χ1n) is 7.79. The van der Waals surface area contributed by atoms with Crippen molar-refractivity contribution < 1.29 is 0 Å². The standard InChI is InChI=1S/C18H29N/c1-6-16-7-9-17(10-8-16)12-19-14(4)11-18(13(2)3)15(19)5/h6,13,16-18H,1,4-5,7-12H2,2-3H3. The van der Waals surface area contributed by atoms with E-state index < -0.39 is 0 Å². The van der Waals surface area contributed by atoms with E-state index in [4.69, 9.17) is 0 Å². The van der Waals surface area contributed by atoms with Crippen LogP contribution in [-0.2, 0) is 0 Å². The summed E-state index contributed by atoms with van der Waals surface area (Å²) in [5, 5.41) is 0. The van der Waals surface area contributed by atoms with E-state index in [-0.39, 0.29) is 0 Å². The molecule has 2 aliphatic rings. The van der Waals surface area contributed by atoms with Crippen molar-refractivity contribution in [3.8, 4) is 0 Å². The molecule has 0 bridgehead atoms. The minimum atomic E-state index is 0.608. The molecule has 0 amide bonds. The van der Waals surface area contributed by atoms with Gasteiger partial charge in [0, 0.05) is 23.9 Å². The molecule has 1 heteroatoms. The van der Waals surface area contributed by atoms with E-state index in [0.29, 0.717) is 11.8 Å². The van der Waals surface area contributed by atoms with Gasteiger partial charge in [-0.15, -0.1) is 6.58 Å². The predicted molar refractivity (Wildman–Crippen MR) is 83.6 cm³/mol. The van der Waals surface area contributed by atoms with Crippen LogP contribution in [0, 0.1) is 23.7 Å². The van der Waals surface area contributed by atoms with E-state index in [2.05, 4.69) is 44.6 Å². The summed E-state index contributed by atoms with van der Waals surface area (Å²) in [4.78, 5) is 2.42. The third-order valence-corrected chi connectivity index (χ3v) is 5.08. The van der Waals surface area contributed by atoms with Crippen LogP contribution in [0.15, 0.2) is 37.2 Å². The molecule has 1 heterocycles. The van der Waals surface area contributed by atoms with Crippen molar-refractivity contribution in [3.63, 3.8) is 0 Å². The second-order valence-corrected chi connectivity index (χ2v) is 6.74. The molecule has 1 aliphatic carbocycles. The van der Waals surface area contributed by atoms with Gasteiger partial charge < -0.3 is 4.90 Å². The first-order valence-corrected chi connectivity index (χ1v) is 7.79. The molecule has 1 nitrogen and oxygen atoms in total. The zero-order valence-corrected chi connectivity index (χ0v) is 12.7. The molecule has 19 heavy (non-hydrogen) atoms. The molecule has 1 aliphatic heterocycles. The van der Waals surface area contributed by atoms with Gasteiger partial charge in [-0.2, -0.15) is 0 Å². The highest BCUT2D eigenvalue weighted by molar-refractivity contribution is 5.21. The highest BCUT2D eigenvalue weighted by atomic mass is 15.2. The molecule has 1 saturated heterocycles. The highest BCUT2D eigenvalue weighted by Gasteiger charge is 2.33. The summed E-state index contributed by atoms with van der Waals surface area (Å²) in [7, 11) is 0. The molecule has 106 valence electrons. The summed E-state index contributed by atoms with van der Waals surface area (Å²) in [6.07, 6.45) is 8.54. The first-order chi connectivity index (χ1) is 9.02. The van der Waals surface area contributed by atoms with Gasteiger partial charge in [-0.25, -0.2) is 0 Å². The fourth-order valence-corrected chi connectivity index (χ4v) is 3.62. The number of likely N-dealkylation sites (tertiary alicyclic amines) is 1. The highest BCUT2D eigenvalue weighted by Crippen LogP contribution is 2.40. The minimum absolute atomic E-state index is 0.608. The zero-order chi connectivity index (χ0) is 14.0. The van der Waals surface area contributed by atoms with Crippen molar-refractivity contribution in [2.75, 3.05) is 6.54 Å². The largest absolute Gasteiger partial charge is 0.349 e. The van der Waals surface area contributed by atoms with E-state index in [1.165, 1.54) is 37.1 Å². The Hall–Kier alpha value is -0.980. The molecule has 1 unspecified atom stereocenters. The number of hydrogen-bond acceptors (Lipinski definition) is 1. The van der Waals surface area contributed by atoms with Crippen LogP contribution in [-0.4, -0.2) is 11.4 Å². The molecule has 0 N–H and O–H groups in total. The molecule has 0 aromatic heterocycles.